The molecule has 1 aromatic heterocycles. The third-order valence-corrected chi connectivity index (χ3v) is 4.07. The molecule has 0 N–H and O–H groups in total. The van der Waals surface area contributed by atoms with Gasteiger partial charge in [-0.05, 0) is 35.4 Å². The van der Waals surface area contributed by atoms with Gasteiger partial charge in [0.05, 0.1) is 12.5 Å². The van der Waals surface area contributed by atoms with E-state index in [1.165, 1.54) is 0 Å². The summed E-state index contributed by atoms with van der Waals surface area (Å²) in [7, 11) is 1.57. The molecule has 4 rings (SSSR count). The van der Waals surface area contributed by atoms with E-state index in [9.17, 15) is 4.79 Å². The molecule has 25 heavy (non-hydrogen) atoms. The van der Waals surface area contributed by atoms with Gasteiger partial charge in [0, 0.05) is 13.1 Å². The Morgan fingerprint density at radius 3 is 2.28 bits per heavy atom. The molecule has 0 unspecified atom stereocenters. The molecule has 124 valence electrons. The summed E-state index contributed by atoms with van der Waals surface area (Å²) in [6.45, 7) is 0. The second kappa shape index (κ2) is 6.24. The first-order valence-electron chi connectivity index (χ1n) is 7.89. The number of ether oxygens (including phenoxy) is 1. The van der Waals surface area contributed by atoms with Gasteiger partial charge in [0.1, 0.15) is 11.3 Å². The van der Waals surface area contributed by atoms with Crippen molar-refractivity contribution in [1.82, 2.24) is 4.98 Å². The number of rotatable bonds is 3. The van der Waals surface area contributed by atoms with E-state index < -0.39 is 0 Å². The summed E-state index contributed by atoms with van der Waals surface area (Å²) in [5, 5.41) is 0.436. The van der Waals surface area contributed by atoms with Crippen LogP contribution in [-0.4, -0.2) is 12.1 Å². The zero-order valence-corrected chi connectivity index (χ0v) is 13.6. The van der Waals surface area contributed by atoms with E-state index in [1.54, 1.807) is 25.3 Å². The van der Waals surface area contributed by atoms with Gasteiger partial charge in [-0.3, -0.25) is 4.79 Å². The minimum atomic E-state index is -0.314. The van der Waals surface area contributed by atoms with E-state index in [2.05, 4.69) is 17.1 Å². The van der Waals surface area contributed by atoms with Gasteiger partial charge in [-0.1, -0.05) is 42.5 Å². The van der Waals surface area contributed by atoms with E-state index in [4.69, 9.17) is 9.15 Å². The molecule has 0 aliphatic carbocycles. The molecule has 4 aromatic rings. The summed E-state index contributed by atoms with van der Waals surface area (Å²) in [6.07, 6.45) is 0. The quantitative estimate of drug-likeness (QED) is 0.542. The Balaban J connectivity index is 0.00000196. The van der Waals surface area contributed by atoms with Crippen LogP contribution >= 0.6 is 0 Å². The second-order valence-electron chi connectivity index (χ2n) is 5.63. The monoisotopic (exact) mass is 331 g/mol. The number of fused-ring (bicyclic) bond motifs is 1. The van der Waals surface area contributed by atoms with E-state index in [0.717, 1.165) is 16.7 Å². The summed E-state index contributed by atoms with van der Waals surface area (Å²) in [5.41, 5.74) is 3.12. The fraction of sp³-hybridized carbons (Fsp3) is 0.0476. The molecule has 1 heterocycles. The lowest BCUT2D eigenvalue weighted by Crippen LogP contribution is -2.07. The lowest BCUT2D eigenvalue weighted by molar-refractivity contribution is 0.414. The van der Waals surface area contributed by atoms with Crippen molar-refractivity contribution < 1.29 is 10.6 Å². The first kappa shape index (κ1) is 15.1. The number of aromatic nitrogens is 1. The van der Waals surface area contributed by atoms with E-state index >= 15 is 0 Å². The lowest BCUT2D eigenvalue weighted by Gasteiger charge is -2.05. The van der Waals surface area contributed by atoms with Gasteiger partial charge < -0.3 is 9.15 Å². The third-order valence-electron chi connectivity index (χ3n) is 4.07. The maximum absolute atomic E-state index is 12.2. The van der Waals surface area contributed by atoms with Crippen molar-refractivity contribution in [2.24, 2.45) is 0 Å². The maximum Gasteiger partial charge on any atom is 0.284 e. The molecule has 0 saturated carbocycles. The summed E-state index contributed by atoms with van der Waals surface area (Å²) in [5.74, 6) is 0.928. The van der Waals surface area contributed by atoms with Crippen LogP contribution in [0.4, 0.5) is 0 Å². The van der Waals surface area contributed by atoms with E-state index in [-0.39, 0.29) is 6.99 Å². The van der Waals surface area contributed by atoms with Crippen molar-refractivity contribution in [1.29, 1.82) is 0 Å². The Hall–Kier alpha value is -3.40. The van der Waals surface area contributed by atoms with Gasteiger partial charge in [-0.15, -0.1) is 0 Å². The highest BCUT2D eigenvalue weighted by atomic mass is 16.5. The highest BCUT2D eigenvalue weighted by Crippen LogP contribution is 2.26. The predicted molar refractivity (Wildman–Crippen MR) is 99.8 cm³/mol. The fourth-order valence-electron chi connectivity index (χ4n) is 2.73. The average molecular weight is 331 g/mol. The molecule has 0 atom stereocenters. The van der Waals surface area contributed by atoms with Crippen LogP contribution in [0.2, 0.25) is 0 Å². The summed E-state index contributed by atoms with van der Waals surface area (Å²) >= 11 is 0. The molecule has 0 saturated heterocycles. The molecule has 4 nitrogen and oxygen atoms in total. The number of hydrogen-bond acceptors (Lipinski definition) is 4. The van der Waals surface area contributed by atoms with E-state index in [0.29, 0.717) is 22.6 Å². The molecule has 0 amide bonds. The summed E-state index contributed by atoms with van der Waals surface area (Å²) in [4.78, 5) is 16.3. The Morgan fingerprint density at radius 2 is 1.56 bits per heavy atom. The molecule has 0 aliphatic rings. The van der Waals surface area contributed by atoms with Crippen LogP contribution in [0.5, 0.6) is 5.75 Å². The number of benzene rings is 3. The molecular formula is C21H17NO3. The zero-order chi connectivity index (χ0) is 17.2. The van der Waals surface area contributed by atoms with Crippen LogP contribution in [0.15, 0.2) is 82.0 Å². The van der Waals surface area contributed by atoms with Crippen LogP contribution < -0.4 is 10.3 Å². The third kappa shape index (κ3) is 2.90. The summed E-state index contributed by atoms with van der Waals surface area (Å²) in [6, 6.07) is 22.9. The van der Waals surface area contributed by atoms with Crippen molar-refractivity contribution in [2.75, 3.05) is 7.11 Å². The molecule has 4 heteroatoms. The van der Waals surface area contributed by atoms with Gasteiger partial charge in [0.15, 0.2) is 0 Å². The van der Waals surface area contributed by atoms with Crippen molar-refractivity contribution in [3.8, 4) is 28.3 Å². The Labute approximate surface area is 145 Å². The maximum atomic E-state index is 12.2. The smallest absolute Gasteiger partial charge is 0.284 e. The summed E-state index contributed by atoms with van der Waals surface area (Å²) < 4.78 is 11.0. The lowest BCUT2D eigenvalue weighted by atomic mass is 10.0. The Bertz CT molecular complexity index is 1090. The van der Waals surface area contributed by atoms with E-state index in [1.807, 2.05) is 42.5 Å². The van der Waals surface area contributed by atoms with Crippen LogP contribution in [-0.2, 0) is 0 Å². The average Bonchev–Trinajstić information content (AvgIpc) is 2.68. The predicted octanol–water partition coefficient (Wildman–Crippen LogP) is 4.78. The molecule has 0 aliphatic heterocycles. The molecule has 0 bridgehead atoms. The topological polar surface area (TPSA) is 52.3 Å². The van der Waals surface area contributed by atoms with Crippen LogP contribution in [0.3, 0.4) is 0 Å². The molecule has 0 radical (unpaired) electrons. The Kier molecular flexibility index (Phi) is 3.78. The first-order valence-corrected chi connectivity index (χ1v) is 7.89. The van der Waals surface area contributed by atoms with Gasteiger partial charge in [0.25, 0.3) is 5.56 Å². The minimum Gasteiger partial charge on any atom is -0.497 e. The first-order chi connectivity index (χ1) is 12.2. The zero-order valence-electron chi connectivity index (χ0n) is 13.6. The fourth-order valence-corrected chi connectivity index (χ4v) is 2.73. The van der Waals surface area contributed by atoms with Crippen molar-refractivity contribution >= 4 is 11.0 Å². The number of hydrogen-bond donors (Lipinski definition) is 0. The normalized spacial score (nSPS) is 10.8. The van der Waals surface area contributed by atoms with Gasteiger partial charge >= 0.3 is 0 Å². The minimum absolute atomic E-state index is 0. The number of methoxy groups -OCH3 is 1. The van der Waals surface area contributed by atoms with Crippen LogP contribution in [0.25, 0.3) is 33.6 Å². The van der Waals surface area contributed by atoms with Crippen molar-refractivity contribution in [3.05, 3.63) is 83.2 Å². The largest absolute Gasteiger partial charge is 0.497 e. The Morgan fingerprint density at radius 1 is 0.880 bits per heavy atom. The molecular weight excluding hydrogens is 314 g/mol. The van der Waals surface area contributed by atoms with Crippen LogP contribution in [0, 0.1) is 0 Å². The van der Waals surface area contributed by atoms with Crippen LogP contribution in [0.1, 0.15) is 1.43 Å². The molecule has 0 fully saturated rings. The number of nitrogens with zero attached hydrogens (tertiary/aromatic N) is 1. The van der Waals surface area contributed by atoms with Crippen molar-refractivity contribution in [2.45, 2.75) is 0 Å². The van der Waals surface area contributed by atoms with Gasteiger partial charge in [-0.2, -0.15) is 4.98 Å². The van der Waals surface area contributed by atoms with Crippen molar-refractivity contribution in [3.63, 3.8) is 0 Å². The second-order valence-corrected chi connectivity index (χ2v) is 5.63. The van der Waals surface area contributed by atoms with Gasteiger partial charge in [0.2, 0.25) is 5.89 Å². The SMILES string of the molecule is COc1ccc2c(=O)nc(-c3ccc(-c4ccccc4)cc3)oc2c1.[HH]. The molecule has 0 spiro atoms. The standard InChI is InChI=1S/C21H15NO3.H2/c1-24-17-11-12-18-19(13-17)25-21(22-20(18)23)16-9-7-15(8-10-16)14-5-3-2-4-6-14;/h2-13H,1H3;1H. The van der Waals surface area contributed by atoms with Gasteiger partial charge in [-0.25, -0.2) is 0 Å². The highest BCUT2D eigenvalue weighted by Gasteiger charge is 2.10. The molecule has 3 aromatic carbocycles. The highest BCUT2D eigenvalue weighted by molar-refractivity contribution is 5.78.